The van der Waals surface area contributed by atoms with Gasteiger partial charge in [0.1, 0.15) is 6.04 Å². The molecule has 0 saturated carbocycles. The van der Waals surface area contributed by atoms with E-state index in [0.29, 0.717) is 11.1 Å². The zero-order valence-electron chi connectivity index (χ0n) is 34.7. The number of anilines is 1. The maximum absolute atomic E-state index is 14.1. The third kappa shape index (κ3) is 13.6. The molecule has 0 spiro atoms. The van der Waals surface area contributed by atoms with E-state index in [1.54, 1.807) is 60.7 Å². The third-order valence-electron chi connectivity index (χ3n) is 7.15. The molecule has 3 aromatic carbocycles. The molecule has 0 aliphatic heterocycles. The Morgan fingerprint density at radius 1 is 1.00 bits per heavy atom. The molecule has 3 atom stereocenters. The Labute approximate surface area is 329 Å². The molecule has 2 amide bonds. The number of nitrogen functional groups attached to an aromatic ring is 1. The molecule has 0 aliphatic rings. The van der Waals surface area contributed by atoms with Gasteiger partial charge in [0.25, 0.3) is 0 Å². The zero-order chi connectivity index (χ0) is 42.1. The van der Waals surface area contributed by atoms with Crippen LogP contribution < -0.4 is 26.2 Å². The van der Waals surface area contributed by atoms with Crippen LogP contribution >= 0.6 is 7.82 Å². The van der Waals surface area contributed by atoms with Crippen LogP contribution in [-0.2, 0) is 28.6 Å². The molecule has 49 heavy (non-hydrogen) atoms. The van der Waals surface area contributed by atoms with Gasteiger partial charge in [-0.3, -0.25) is 4.79 Å². The van der Waals surface area contributed by atoms with Crippen molar-refractivity contribution >= 4 is 73.3 Å². The minimum atomic E-state index is -5.84. The molecule has 0 radical (unpaired) electrons. The first-order valence-corrected chi connectivity index (χ1v) is 17.6. The van der Waals surface area contributed by atoms with Gasteiger partial charge in [0.05, 0.1) is 26.4 Å². The first kappa shape index (κ1) is 31.2. The first-order valence-electron chi connectivity index (χ1n) is 18.7. The number of phosphoric ester groups is 1. The van der Waals surface area contributed by atoms with Gasteiger partial charge in [0, 0.05) is 41.7 Å². The van der Waals surface area contributed by atoms with E-state index in [1.165, 1.54) is 0 Å². The van der Waals surface area contributed by atoms with Crippen LogP contribution in [0.3, 0.4) is 0 Å². The van der Waals surface area contributed by atoms with Crippen molar-refractivity contribution < 1.29 is 52.6 Å². The third-order valence-corrected chi connectivity index (χ3v) is 9.44. The maximum atomic E-state index is 14.1. The van der Waals surface area contributed by atoms with Gasteiger partial charge in [-0.05, 0) is 54.1 Å². The summed E-state index contributed by atoms with van der Waals surface area (Å²) in [6, 6.07) is 18.8. The van der Waals surface area contributed by atoms with Crippen molar-refractivity contribution in [1.82, 2.24) is 14.9 Å². The number of phosphoric acid groups is 1. The smallest absolute Gasteiger partial charge is 0.790 e. The van der Waals surface area contributed by atoms with Crippen molar-refractivity contribution in [2.24, 2.45) is 5.89 Å². The second kappa shape index (κ2) is 20.4. The number of amides is 2. The van der Waals surface area contributed by atoms with Gasteiger partial charge in [-0.2, -0.15) is 4.31 Å². The van der Waals surface area contributed by atoms with Crippen LogP contribution in [0, 0.1) is 5.89 Å². The Morgan fingerprint density at radius 3 is 2.08 bits per heavy atom. The number of unbranched alkanes of at least 4 members (excludes halogenated alkanes) is 1. The number of carbonyl (C=O) groups is 2. The summed E-state index contributed by atoms with van der Waals surface area (Å²) < 4.78 is 114. The topological polar surface area (TPSA) is 203 Å². The number of nitrogens with two attached hydrogens (primary N) is 1. The normalized spacial score (nSPS) is 16.8. The number of nitrogens with one attached hydrogen (secondary N) is 2. The largest absolute Gasteiger partial charge is 2.00 e. The van der Waals surface area contributed by atoms with Gasteiger partial charge in [-0.15, -0.1) is 0 Å². The molecule has 3 aromatic rings. The van der Waals surface area contributed by atoms with Crippen molar-refractivity contribution in [3.8, 4) is 0 Å². The zero-order valence-corrected chi connectivity index (χ0v) is 30.6. The number of methoxy groups -OCH3 is 1. The van der Waals surface area contributed by atoms with Crippen molar-refractivity contribution in [3.05, 3.63) is 96.1 Å². The number of hydrogen-bond donors (Lipinski definition) is 3. The number of alkyl carbamates (subject to hydrolysis) is 1. The molecule has 262 valence electrons. The molecule has 3 rings (SSSR count). The van der Waals surface area contributed by atoms with Gasteiger partial charge in [0.15, 0.2) is 0 Å². The molecule has 1 unspecified atom stereocenters. The number of carbonyl (C=O) groups excluding carboxylic acids is 2. The SMILES string of the molecule is [2H]C(N([C@@H](CCCCNC(=O)[C@@H](NC(=O)OC)C(c1ccccc1)c1ccccc1)COP(=O)([O-])[O-])S(=O)(=O)c1ccc(N)cc1)C([2H])(C([2H])([2H])[2H])C([2H])([2H])[2H].[Ca+2]. The molecule has 0 fully saturated rings. The van der Waals surface area contributed by atoms with Crippen LogP contribution in [0.15, 0.2) is 89.8 Å². The summed E-state index contributed by atoms with van der Waals surface area (Å²) in [7, 11) is -9.87. The van der Waals surface area contributed by atoms with Crippen LogP contribution in [0.25, 0.3) is 0 Å². The van der Waals surface area contributed by atoms with Gasteiger partial charge < -0.3 is 40.0 Å². The first-order chi connectivity index (χ1) is 26.0. The average Bonchev–Trinajstić information content (AvgIpc) is 3.12. The summed E-state index contributed by atoms with van der Waals surface area (Å²) in [5, 5.41) is 5.26. The summed E-state index contributed by atoms with van der Waals surface area (Å²) in [6.45, 7) is -12.0. The molecule has 0 saturated heterocycles. The minimum Gasteiger partial charge on any atom is -0.790 e. The van der Waals surface area contributed by atoms with Crippen LogP contribution in [-0.4, -0.2) is 101 Å². The number of sulfonamides is 1. The Hall–Kier alpha value is -2.52. The standard InChI is InChI=1S/C33H45N4O9PS.Ca/c1-24(2)22-37(48(43,44)29-19-17-27(34)18-20-29)28(23-46-47(40,41)42)16-10-11-21-35-32(38)31(36-33(39)45-3)30(25-12-6-4-7-13-25)26-14-8-5-9-15-26;/h4-9,12-15,17-20,24,28,30-31H,10-11,16,21-23,34H2,1-3H3,(H,35,38)(H,36,39)(H2,40,41,42);/q;+2/p-2/t28-,31-;/m0./s1/i1D3,2D3,22D,24D;/t22?,28-,31-;. The molecule has 16 heteroatoms. The molecule has 13 nitrogen and oxygen atoms in total. The molecular weight excluding hydrogens is 700 g/mol. The summed E-state index contributed by atoms with van der Waals surface area (Å²) in [4.78, 5) is 48.8. The number of hydrogen-bond acceptors (Lipinski definition) is 10. The maximum Gasteiger partial charge on any atom is 2.00 e. The molecule has 0 heterocycles. The molecular formula is C33H43CaN4O9PS. The van der Waals surface area contributed by atoms with Crippen molar-refractivity contribution in [2.75, 3.05) is 32.5 Å². The van der Waals surface area contributed by atoms with Crippen LogP contribution in [0.2, 0.25) is 0 Å². The average molecular weight is 751 g/mol. The summed E-state index contributed by atoms with van der Waals surface area (Å²) in [5.41, 5.74) is 7.14. The molecule has 0 aliphatic carbocycles. The molecule has 0 bridgehead atoms. The Morgan fingerprint density at radius 2 is 1.57 bits per heavy atom. The van der Waals surface area contributed by atoms with Crippen LogP contribution in [0.5, 0.6) is 0 Å². The van der Waals surface area contributed by atoms with Gasteiger partial charge in [-0.1, -0.05) is 80.8 Å². The van der Waals surface area contributed by atoms with E-state index in [9.17, 15) is 32.4 Å². The minimum absolute atomic E-state index is 0. The molecule has 0 aromatic heterocycles. The fourth-order valence-corrected chi connectivity index (χ4v) is 6.81. The fraction of sp³-hybridized carbons (Fsp3) is 0.394. The second-order valence-corrected chi connectivity index (χ2v) is 13.5. The van der Waals surface area contributed by atoms with E-state index in [4.69, 9.17) is 21.4 Å². The van der Waals surface area contributed by atoms with Crippen molar-refractivity contribution in [3.63, 3.8) is 0 Å². The van der Waals surface area contributed by atoms with E-state index >= 15 is 0 Å². The number of ether oxygens (including phenoxy) is 1. The van der Waals surface area contributed by atoms with Crippen LogP contribution in [0.4, 0.5) is 10.5 Å². The van der Waals surface area contributed by atoms with Crippen molar-refractivity contribution in [1.29, 1.82) is 0 Å². The van der Waals surface area contributed by atoms with E-state index in [0.717, 1.165) is 31.4 Å². The van der Waals surface area contributed by atoms with Crippen molar-refractivity contribution in [2.45, 2.75) is 55.9 Å². The van der Waals surface area contributed by atoms with E-state index in [-0.39, 0.29) is 67.1 Å². The summed E-state index contributed by atoms with van der Waals surface area (Å²) in [6.07, 6.45) is -1.51. The number of rotatable bonds is 18. The van der Waals surface area contributed by atoms with Gasteiger partial charge in [-0.25, -0.2) is 13.2 Å². The van der Waals surface area contributed by atoms with E-state index in [2.05, 4.69) is 15.2 Å². The fourth-order valence-electron chi connectivity index (χ4n) is 4.93. The number of benzene rings is 3. The summed E-state index contributed by atoms with van der Waals surface area (Å²) >= 11 is 0. The Bertz CT molecular complexity index is 1860. The quantitative estimate of drug-likeness (QED) is 0.0751. The van der Waals surface area contributed by atoms with E-state index < -0.39 is 91.9 Å². The predicted octanol–water partition coefficient (Wildman–Crippen LogP) is 2.59. The number of nitrogens with zero attached hydrogens (tertiary/aromatic N) is 1. The van der Waals surface area contributed by atoms with E-state index in [1.807, 2.05) is 0 Å². The molecule has 4 N–H and O–H groups in total. The second-order valence-electron chi connectivity index (χ2n) is 10.5. The predicted molar refractivity (Wildman–Crippen MR) is 184 cm³/mol. The van der Waals surface area contributed by atoms with Gasteiger partial charge in [0.2, 0.25) is 15.9 Å². The monoisotopic (exact) mass is 750 g/mol. The van der Waals surface area contributed by atoms with Crippen LogP contribution in [0.1, 0.15) is 61.0 Å². The Kier molecular flexibility index (Phi) is 13.0. The van der Waals surface area contributed by atoms with Gasteiger partial charge >= 0.3 is 43.8 Å². The summed E-state index contributed by atoms with van der Waals surface area (Å²) in [5.74, 6) is -5.16. The Balaban J connectivity index is 0.0000112.